The summed E-state index contributed by atoms with van der Waals surface area (Å²) in [5.74, 6) is 9.35. The van der Waals surface area contributed by atoms with E-state index in [1.165, 1.54) is 76.7 Å². The molecule has 0 spiro atoms. The molecule has 0 nitrogen and oxygen atoms in total. The summed E-state index contributed by atoms with van der Waals surface area (Å²) in [7, 11) is -0.601. The summed E-state index contributed by atoms with van der Waals surface area (Å²) in [5.41, 5.74) is 10.8. The van der Waals surface area contributed by atoms with E-state index in [9.17, 15) is 0 Å². The van der Waals surface area contributed by atoms with E-state index in [0.29, 0.717) is 0 Å². The second-order valence-electron chi connectivity index (χ2n) is 13.0. The average molecular weight is 823 g/mol. The maximum absolute atomic E-state index is 2.39. The predicted molar refractivity (Wildman–Crippen MR) is 214 cm³/mol. The molecular formula is C44H42Cl2P2SiZr-2. The Morgan fingerprint density at radius 1 is 0.480 bits per heavy atom. The first-order valence-electron chi connectivity index (χ1n) is 16.5. The number of hydrogen-bond acceptors (Lipinski definition) is 0. The summed E-state index contributed by atoms with van der Waals surface area (Å²) >= 11 is 1.74. The zero-order valence-corrected chi connectivity index (χ0v) is 36.3. The number of aryl methyl sites for hydroxylation is 4. The van der Waals surface area contributed by atoms with Crippen molar-refractivity contribution in [1.29, 1.82) is 0 Å². The van der Waals surface area contributed by atoms with Crippen molar-refractivity contribution in [3.05, 3.63) is 167 Å². The molecule has 0 saturated carbocycles. The van der Waals surface area contributed by atoms with Crippen molar-refractivity contribution in [3.63, 3.8) is 0 Å². The first kappa shape index (κ1) is 40.1. The van der Waals surface area contributed by atoms with Crippen LogP contribution in [0.25, 0.3) is 54.4 Å². The minimum Gasteiger partial charge on any atom is -1.00 e. The molecule has 2 aromatic heterocycles. The van der Waals surface area contributed by atoms with E-state index in [-0.39, 0.29) is 45.3 Å². The fraction of sp³-hybridized carbons (Fsp3) is 0.136. The number of hydrogen-bond donors (Lipinski definition) is 0. The van der Waals surface area contributed by atoms with Crippen LogP contribution in [0, 0.1) is 27.7 Å². The smallest absolute Gasteiger partial charge is 0.0276 e. The van der Waals surface area contributed by atoms with Crippen molar-refractivity contribution in [1.82, 2.24) is 0 Å². The van der Waals surface area contributed by atoms with Gasteiger partial charge < -0.3 is 24.8 Å². The molecule has 252 valence electrons. The van der Waals surface area contributed by atoms with Crippen LogP contribution >= 0.6 is 15.1 Å². The van der Waals surface area contributed by atoms with Gasteiger partial charge in [-0.2, -0.15) is 12.1 Å². The zero-order valence-electron chi connectivity index (χ0n) is 29.5. The van der Waals surface area contributed by atoms with Gasteiger partial charge in [0, 0.05) is 0 Å². The summed E-state index contributed by atoms with van der Waals surface area (Å²) in [6, 6.07) is 45.0. The zero-order chi connectivity index (χ0) is 33.8. The van der Waals surface area contributed by atoms with E-state index in [2.05, 4.69) is 185 Å². The second kappa shape index (κ2) is 18.2. The SMILES string of the molecule is C[Si](C)=[Zr+2].Cc1ccc(-c2cc(-p3cccc3)c3cc(C)[cH-]c3c2)cc1.Cc1ccc(-c2cc(-p3cccc3)c3cc(C)[cH-]c3c2)cc1.[Cl-].[Cl-]. The molecule has 0 aliphatic carbocycles. The largest absolute Gasteiger partial charge is 1.00 e. The Kier molecular flexibility index (Phi) is 14.6. The topological polar surface area (TPSA) is 0 Å². The molecule has 8 rings (SSSR count). The van der Waals surface area contributed by atoms with Crippen molar-refractivity contribution >= 4 is 42.0 Å². The molecule has 0 radical (unpaired) electrons. The van der Waals surface area contributed by atoms with E-state index >= 15 is 0 Å². The van der Waals surface area contributed by atoms with E-state index in [1.807, 2.05) is 0 Å². The van der Waals surface area contributed by atoms with Crippen molar-refractivity contribution in [3.8, 4) is 32.9 Å². The van der Waals surface area contributed by atoms with Crippen LogP contribution < -0.4 is 24.8 Å². The average Bonchev–Trinajstić information content (AvgIpc) is 3.88. The van der Waals surface area contributed by atoms with Crippen molar-refractivity contribution in [2.75, 3.05) is 0 Å². The number of rotatable bonds is 4. The Bertz CT molecular complexity index is 2130. The molecular weight excluding hydrogens is 781 g/mol. The maximum atomic E-state index is 2.39. The molecule has 0 aliphatic heterocycles. The second-order valence-corrected chi connectivity index (χ2v) is 26.1. The number of benzene rings is 4. The summed E-state index contributed by atoms with van der Waals surface area (Å²) in [4.78, 5) is 0. The van der Waals surface area contributed by atoms with Gasteiger partial charge in [-0.25, -0.2) is 0 Å². The molecule has 8 aromatic rings. The van der Waals surface area contributed by atoms with E-state index in [4.69, 9.17) is 0 Å². The molecule has 6 aromatic carbocycles. The fourth-order valence-corrected chi connectivity index (χ4v) is 9.65. The molecule has 2 heterocycles. The van der Waals surface area contributed by atoms with E-state index in [0.717, 1.165) is 0 Å². The third kappa shape index (κ3) is 9.81. The molecule has 0 aliphatic rings. The van der Waals surface area contributed by atoms with E-state index in [1.54, 1.807) is 23.3 Å². The number of fused-ring (bicyclic) bond motifs is 2. The molecule has 0 atom stereocenters. The third-order valence-electron chi connectivity index (χ3n) is 8.43. The van der Waals surface area contributed by atoms with Crippen molar-refractivity contribution in [2.45, 2.75) is 40.8 Å². The Balaban J connectivity index is 0.000000196. The van der Waals surface area contributed by atoms with Gasteiger partial charge >= 0.3 is 41.9 Å². The van der Waals surface area contributed by atoms with Crippen LogP contribution in [-0.4, -0.2) is 5.43 Å². The van der Waals surface area contributed by atoms with Crippen LogP contribution in [-0.2, 0) is 23.3 Å². The van der Waals surface area contributed by atoms with Crippen molar-refractivity contribution in [2.24, 2.45) is 0 Å². The van der Waals surface area contributed by atoms with Gasteiger partial charge in [0.1, 0.15) is 0 Å². The van der Waals surface area contributed by atoms with Crippen molar-refractivity contribution < 1.29 is 48.1 Å². The third-order valence-corrected chi connectivity index (χ3v) is 12.3. The molecule has 50 heavy (non-hydrogen) atoms. The number of halogens is 2. The summed E-state index contributed by atoms with van der Waals surface area (Å²) in [5, 5.41) is 8.50. The Morgan fingerprint density at radius 3 is 1.12 bits per heavy atom. The van der Waals surface area contributed by atoms with Crippen LogP contribution in [0.2, 0.25) is 13.1 Å². The van der Waals surface area contributed by atoms with Gasteiger partial charge in [-0.05, 0) is 58.8 Å². The Hall–Kier alpha value is -2.66. The van der Waals surface area contributed by atoms with Gasteiger partial charge in [0.15, 0.2) is 0 Å². The summed E-state index contributed by atoms with van der Waals surface area (Å²) < 4.78 is 0. The summed E-state index contributed by atoms with van der Waals surface area (Å²) in [6.45, 7) is 13.3. The first-order valence-corrected chi connectivity index (χ1v) is 25.6. The minimum absolute atomic E-state index is 0. The fourth-order valence-electron chi connectivity index (χ4n) is 6.15. The van der Waals surface area contributed by atoms with Gasteiger partial charge in [-0.15, -0.1) is 72.0 Å². The Labute approximate surface area is 328 Å². The van der Waals surface area contributed by atoms with Crippen LogP contribution in [0.4, 0.5) is 0 Å². The molecule has 0 fully saturated rings. The molecule has 0 saturated heterocycles. The quantitative estimate of drug-likeness (QED) is 0.124. The molecule has 0 amide bonds. The van der Waals surface area contributed by atoms with Gasteiger partial charge in [-0.1, -0.05) is 121 Å². The predicted octanol–water partition coefficient (Wildman–Crippen LogP) is 8.43. The molecule has 0 unspecified atom stereocenters. The standard InChI is InChI=1S/2C21H18P.C2H6Si.2ClH.Zr/c2*1-15-5-7-17(8-6-15)18-13-19-11-16(2)12-20(19)21(14-18)22-9-3-4-10-22;1-3-2;;;/h2*3-14H,1-2H3;1-2H3;2*1H;/q2*-1;;;;+2/p-2. The van der Waals surface area contributed by atoms with E-state index < -0.39 is 0 Å². The summed E-state index contributed by atoms with van der Waals surface area (Å²) in [6.07, 6.45) is 0. The first-order chi connectivity index (χ1) is 23.1. The normalized spacial score (nSPS) is 10.4. The van der Waals surface area contributed by atoms with Gasteiger partial charge in [-0.3, -0.25) is 0 Å². The van der Waals surface area contributed by atoms with Gasteiger partial charge in [0.05, 0.1) is 0 Å². The van der Waals surface area contributed by atoms with Gasteiger partial charge in [0.2, 0.25) is 0 Å². The van der Waals surface area contributed by atoms with Crippen LogP contribution in [0.3, 0.4) is 0 Å². The monoisotopic (exact) mass is 820 g/mol. The van der Waals surface area contributed by atoms with Crippen LogP contribution in [0.1, 0.15) is 22.3 Å². The van der Waals surface area contributed by atoms with Gasteiger partial charge in [0.25, 0.3) is 0 Å². The van der Waals surface area contributed by atoms with Crippen LogP contribution in [0.15, 0.2) is 145 Å². The minimum atomic E-state index is -0.301. The maximum Gasteiger partial charge on any atom is -0.0276 e. The molecule has 0 bridgehead atoms. The molecule has 0 N–H and O–H groups in total. The van der Waals surface area contributed by atoms with Crippen LogP contribution in [0.5, 0.6) is 0 Å². The molecule has 6 heteroatoms. The Morgan fingerprint density at radius 2 is 0.800 bits per heavy atom.